The summed E-state index contributed by atoms with van der Waals surface area (Å²) in [5.74, 6) is 1.42. The minimum Gasteiger partial charge on any atom is -0.508 e. The van der Waals surface area contributed by atoms with E-state index in [9.17, 15) is 5.11 Å². The van der Waals surface area contributed by atoms with Gasteiger partial charge in [-0.2, -0.15) is 14.6 Å². The van der Waals surface area contributed by atoms with Gasteiger partial charge < -0.3 is 21.0 Å². The summed E-state index contributed by atoms with van der Waals surface area (Å²) in [6.07, 6.45) is 0.558. The van der Waals surface area contributed by atoms with E-state index >= 15 is 0 Å². The first-order valence-electron chi connectivity index (χ1n) is 8.38. The minimum atomic E-state index is 0. The van der Waals surface area contributed by atoms with E-state index in [0.29, 0.717) is 23.7 Å². The second-order valence-electron chi connectivity index (χ2n) is 6.55. The normalized spacial score (nSPS) is 10.9. The van der Waals surface area contributed by atoms with Crippen molar-refractivity contribution in [2.45, 2.75) is 20.3 Å². The van der Waals surface area contributed by atoms with E-state index in [4.69, 9.17) is 5.10 Å². The first kappa shape index (κ1) is 19.2. The molecule has 0 bridgehead atoms. The summed E-state index contributed by atoms with van der Waals surface area (Å²) in [7, 11) is 0. The van der Waals surface area contributed by atoms with Crippen LogP contribution in [0.3, 0.4) is 0 Å². The number of aromatic nitrogens is 6. The van der Waals surface area contributed by atoms with Gasteiger partial charge in [0.15, 0.2) is 11.5 Å². The zero-order valence-corrected chi connectivity index (χ0v) is 15.4. The van der Waals surface area contributed by atoms with Crippen molar-refractivity contribution in [2.75, 3.05) is 0 Å². The summed E-state index contributed by atoms with van der Waals surface area (Å²) in [6, 6.07) is 11.2. The van der Waals surface area contributed by atoms with Crippen LogP contribution in [0.5, 0.6) is 5.75 Å². The minimum absolute atomic E-state index is 0. The molecule has 0 spiro atoms. The predicted molar refractivity (Wildman–Crippen MR) is 106 cm³/mol. The van der Waals surface area contributed by atoms with Crippen LogP contribution in [0.4, 0.5) is 0 Å². The van der Waals surface area contributed by atoms with E-state index in [1.807, 2.05) is 12.1 Å². The third-order valence-electron chi connectivity index (χ3n) is 4.73. The third-order valence-corrected chi connectivity index (χ3v) is 4.73. The fourth-order valence-electron chi connectivity index (χ4n) is 3.33. The molecule has 0 aliphatic heterocycles. The number of nitrogens with zero attached hydrogens (tertiary/aromatic N) is 5. The Bertz CT molecular complexity index is 1290. The molecular formula is C19H20N6O3. The van der Waals surface area contributed by atoms with Crippen molar-refractivity contribution in [3.63, 3.8) is 0 Å². The number of H-pyrrole nitrogens is 1. The van der Waals surface area contributed by atoms with E-state index in [1.165, 1.54) is 0 Å². The van der Waals surface area contributed by atoms with Crippen LogP contribution in [-0.2, 0) is 6.42 Å². The molecule has 9 heteroatoms. The second kappa shape index (κ2) is 6.87. The lowest BCUT2D eigenvalue weighted by atomic mass is 10.1. The summed E-state index contributed by atoms with van der Waals surface area (Å²) >= 11 is 0. The lowest BCUT2D eigenvalue weighted by Crippen LogP contribution is -2.01. The Morgan fingerprint density at radius 3 is 2.43 bits per heavy atom. The number of hydrogen-bond acceptors (Lipinski definition) is 5. The standard InChI is InChI=1S/C19H16N6O.2H2O/c1-10-3-4-11(2)16-15(10)17-18(20-16)21-19-23-22-14(25(19)24-17)9-12-5-7-13(26)8-6-12;;/h3-8,26H,9H2,1-2H3,(H,20,21,23);2*1H2. The SMILES string of the molecule is Cc1ccc(C)c2c1[nH]c1nc3nnc(Cc4ccc(O)cc4)n3nc12.O.O. The first-order chi connectivity index (χ1) is 12.6. The summed E-state index contributed by atoms with van der Waals surface area (Å²) in [6.45, 7) is 4.14. The van der Waals surface area contributed by atoms with E-state index in [1.54, 1.807) is 16.6 Å². The number of aryl methyl sites for hydroxylation is 2. The molecule has 2 aromatic carbocycles. The Morgan fingerprint density at radius 2 is 1.68 bits per heavy atom. The quantitative estimate of drug-likeness (QED) is 0.474. The Morgan fingerprint density at radius 1 is 0.964 bits per heavy atom. The largest absolute Gasteiger partial charge is 0.508 e. The van der Waals surface area contributed by atoms with Crippen LogP contribution in [0.15, 0.2) is 36.4 Å². The lowest BCUT2D eigenvalue weighted by Gasteiger charge is -2.01. The maximum atomic E-state index is 9.44. The van der Waals surface area contributed by atoms with Crippen molar-refractivity contribution in [2.24, 2.45) is 0 Å². The highest BCUT2D eigenvalue weighted by atomic mass is 16.3. The molecule has 0 unspecified atom stereocenters. The fourth-order valence-corrected chi connectivity index (χ4v) is 3.33. The number of aromatic amines is 1. The summed E-state index contributed by atoms with van der Waals surface area (Å²) in [5.41, 5.74) is 5.92. The Kier molecular flexibility index (Phi) is 4.72. The van der Waals surface area contributed by atoms with E-state index in [-0.39, 0.29) is 16.7 Å². The number of hydrogen-bond donors (Lipinski definition) is 2. The molecular weight excluding hydrogens is 360 g/mol. The van der Waals surface area contributed by atoms with Gasteiger partial charge in [0.1, 0.15) is 11.3 Å². The summed E-state index contributed by atoms with van der Waals surface area (Å²) < 4.78 is 1.70. The molecule has 0 aliphatic rings. The lowest BCUT2D eigenvalue weighted by molar-refractivity contribution is 0.475. The molecule has 5 rings (SSSR count). The molecule has 0 aliphatic carbocycles. The van der Waals surface area contributed by atoms with Gasteiger partial charge in [0.05, 0.1) is 5.52 Å². The third kappa shape index (κ3) is 2.82. The highest BCUT2D eigenvalue weighted by Crippen LogP contribution is 2.28. The smallest absolute Gasteiger partial charge is 0.273 e. The molecule has 5 aromatic rings. The van der Waals surface area contributed by atoms with Gasteiger partial charge in [-0.05, 0) is 42.7 Å². The molecule has 6 N–H and O–H groups in total. The molecule has 0 saturated heterocycles. The molecule has 0 fully saturated rings. The number of benzene rings is 2. The van der Waals surface area contributed by atoms with Crippen molar-refractivity contribution < 1.29 is 16.1 Å². The highest BCUT2D eigenvalue weighted by Gasteiger charge is 2.16. The van der Waals surface area contributed by atoms with Crippen LogP contribution in [0.1, 0.15) is 22.5 Å². The second-order valence-corrected chi connectivity index (χ2v) is 6.55. The van der Waals surface area contributed by atoms with Crippen LogP contribution >= 0.6 is 0 Å². The molecule has 0 atom stereocenters. The van der Waals surface area contributed by atoms with Crippen LogP contribution in [0.25, 0.3) is 27.8 Å². The maximum Gasteiger partial charge on any atom is 0.273 e. The van der Waals surface area contributed by atoms with Gasteiger partial charge in [0.25, 0.3) is 5.78 Å². The Balaban J connectivity index is 0.00000112. The fraction of sp³-hybridized carbons (Fsp3) is 0.158. The number of fused-ring (bicyclic) bond motifs is 4. The van der Waals surface area contributed by atoms with E-state index in [2.05, 4.69) is 46.1 Å². The molecule has 144 valence electrons. The van der Waals surface area contributed by atoms with Gasteiger partial charge in [-0.15, -0.1) is 10.2 Å². The molecule has 0 saturated carbocycles. The number of phenols is 1. The zero-order valence-electron chi connectivity index (χ0n) is 15.4. The van der Waals surface area contributed by atoms with Gasteiger partial charge in [0, 0.05) is 11.8 Å². The molecule has 9 nitrogen and oxygen atoms in total. The molecule has 3 heterocycles. The van der Waals surface area contributed by atoms with Crippen molar-refractivity contribution in [1.82, 2.24) is 29.8 Å². The molecule has 0 amide bonds. The van der Waals surface area contributed by atoms with Gasteiger partial charge in [-0.1, -0.05) is 24.3 Å². The van der Waals surface area contributed by atoms with E-state index in [0.717, 1.165) is 33.1 Å². The average molecular weight is 380 g/mol. The first-order valence-corrected chi connectivity index (χ1v) is 8.38. The average Bonchev–Trinajstić information content (AvgIpc) is 3.20. The van der Waals surface area contributed by atoms with Crippen LogP contribution < -0.4 is 0 Å². The Hall–Kier alpha value is -3.56. The van der Waals surface area contributed by atoms with Gasteiger partial charge in [-0.25, -0.2) is 0 Å². The highest BCUT2D eigenvalue weighted by molar-refractivity contribution is 6.06. The zero-order chi connectivity index (χ0) is 17.8. The molecule has 3 aromatic heterocycles. The predicted octanol–water partition coefficient (Wildman–Crippen LogP) is 1.42. The summed E-state index contributed by atoms with van der Waals surface area (Å²) in [4.78, 5) is 7.97. The number of rotatable bonds is 2. The van der Waals surface area contributed by atoms with Crippen LogP contribution in [0, 0.1) is 13.8 Å². The van der Waals surface area contributed by atoms with Crippen molar-refractivity contribution in [3.8, 4) is 5.75 Å². The van der Waals surface area contributed by atoms with Crippen LogP contribution in [0.2, 0.25) is 0 Å². The monoisotopic (exact) mass is 380 g/mol. The molecule has 28 heavy (non-hydrogen) atoms. The number of aromatic hydroxyl groups is 1. The van der Waals surface area contributed by atoms with Crippen molar-refractivity contribution >= 4 is 27.8 Å². The van der Waals surface area contributed by atoms with Gasteiger partial charge >= 0.3 is 0 Å². The molecule has 0 radical (unpaired) electrons. The van der Waals surface area contributed by atoms with Crippen LogP contribution in [-0.4, -0.2) is 45.8 Å². The summed E-state index contributed by atoms with van der Waals surface area (Å²) in [5, 5.41) is 23.7. The van der Waals surface area contributed by atoms with Gasteiger partial charge in [0.2, 0.25) is 0 Å². The topological polar surface area (TPSA) is 155 Å². The Labute approximate surface area is 159 Å². The maximum absolute atomic E-state index is 9.44. The number of phenolic OH excluding ortho intramolecular Hbond substituents is 1. The van der Waals surface area contributed by atoms with E-state index < -0.39 is 0 Å². The van der Waals surface area contributed by atoms with Crippen molar-refractivity contribution in [3.05, 3.63) is 58.9 Å². The van der Waals surface area contributed by atoms with Crippen molar-refractivity contribution in [1.29, 1.82) is 0 Å². The van der Waals surface area contributed by atoms with Gasteiger partial charge in [-0.3, -0.25) is 0 Å². The number of nitrogens with one attached hydrogen (secondary N) is 1.